The second-order valence-corrected chi connectivity index (χ2v) is 10.9. The Balaban J connectivity index is 0.000000850. The molecule has 4 rings (SSSR count). The van der Waals surface area contributed by atoms with Crippen molar-refractivity contribution in [3.63, 3.8) is 0 Å². The minimum Gasteiger partial charge on any atom is -1.00 e. The highest BCUT2D eigenvalue weighted by Gasteiger charge is 2.31. The van der Waals surface area contributed by atoms with Crippen molar-refractivity contribution in [2.75, 3.05) is 5.32 Å². The highest BCUT2D eigenvalue weighted by Crippen LogP contribution is 2.28. The molecule has 2 heterocycles. The highest BCUT2D eigenvalue weighted by atomic mass is 79.9. The van der Waals surface area contributed by atoms with Crippen LogP contribution in [-0.4, -0.2) is 26.1 Å². The molecule has 0 bridgehead atoms. The van der Waals surface area contributed by atoms with Crippen LogP contribution in [0.3, 0.4) is 0 Å². The Labute approximate surface area is 228 Å². The minimum absolute atomic E-state index is 0. The topological polar surface area (TPSA) is 63.1 Å². The van der Waals surface area contributed by atoms with E-state index in [0.717, 1.165) is 27.8 Å². The SMILES string of the molecule is CC(C)O.Cc1ccc(-c2csc(NC(C)(C)C)[n+]2-c2c(C)n(C)n(-c3ccccc3)c2=O)cc1.[Br-]. The molecule has 0 spiro atoms. The molecule has 0 amide bonds. The van der Waals surface area contributed by atoms with E-state index in [0.29, 0.717) is 5.69 Å². The molecule has 0 unspecified atom stereocenters. The lowest BCUT2D eigenvalue weighted by Crippen LogP contribution is -3.00. The number of aliphatic hydroxyl groups is 1. The molecule has 0 saturated heterocycles. The van der Waals surface area contributed by atoms with Gasteiger partial charge in [-0.25, -0.2) is 4.68 Å². The summed E-state index contributed by atoms with van der Waals surface area (Å²) in [5.41, 5.74) is 5.53. The number of hydrogen-bond acceptors (Lipinski definition) is 4. The van der Waals surface area contributed by atoms with Crippen LogP contribution >= 0.6 is 11.3 Å². The van der Waals surface area contributed by atoms with Crippen molar-refractivity contribution in [1.29, 1.82) is 0 Å². The summed E-state index contributed by atoms with van der Waals surface area (Å²) in [4.78, 5) is 13.8. The van der Waals surface area contributed by atoms with Crippen molar-refractivity contribution in [3.05, 3.63) is 81.6 Å². The third-order valence-electron chi connectivity index (χ3n) is 5.30. The predicted molar refractivity (Wildman–Crippen MR) is 146 cm³/mol. The number of nitrogens with one attached hydrogen (secondary N) is 1. The summed E-state index contributed by atoms with van der Waals surface area (Å²) in [6, 6.07) is 18.2. The zero-order chi connectivity index (χ0) is 25.9. The summed E-state index contributed by atoms with van der Waals surface area (Å²) < 4.78 is 5.74. The van der Waals surface area contributed by atoms with Crippen LogP contribution in [0.5, 0.6) is 0 Å². The first kappa shape index (κ1) is 29.5. The first-order valence-electron chi connectivity index (χ1n) is 11.8. The molecule has 194 valence electrons. The van der Waals surface area contributed by atoms with Gasteiger partial charge in [-0.15, -0.1) is 0 Å². The molecule has 0 fully saturated rings. The number of hydrogen-bond donors (Lipinski definition) is 2. The molecule has 6 nitrogen and oxygen atoms in total. The lowest BCUT2D eigenvalue weighted by molar-refractivity contribution is -0.565. The standard InChI is InChI=1S/C25H28N4OS.C3H8O.BrH/c1-17-12-14-19(15-13-17)21-16-31-24(26-25(3,4)5)28(21)22-18(2)27(6)29(23(22)30)20-10-8-7-9-11-20;1-3(2)4;/h7-16H,1-6H3;3-4H,1-2H3;1H. The Kier molecular flexibility index (Phi) is 9.88. The van der Waals surface area contributed by atoms with Gasteiger partial charge in [0.2, 0.25) is 5.69 Å². The molecule has 2 N–H and O–H groups in total. The van der Waals surface area contributed by atoms with Gasteiger partial charge in [0, 0.05) is 24.1 Å². The van der Waals surface area contributed by atoms with Crippen LogP contribution in [0.15, 0.2) is 64.8 Å². The van der Waals surface area contributed by atoms with Gasteiger partial charge in [0.25, 0.3) is 0 Å². The van der Waals surface area contributed by atoms with Crippen LogP contribution in [0.25, 0.3) is 22.6 Å². The Morgan fingerprint density at radius 2 is 1.56 bits per heavy atom. The number of para-hydroxylation sites is 1. The fraction of sp³-hybridized carbons (Fsp3) is 0.357. The van der Waals surface area contributed by atoms with E-state index in [1.54, 1.807) is 29.9 Å². The summed E-state index contributed by atoms with van der Waals surface area (Å²) in [6.45, 7) is 13.9. The van der Waals surface area contributed by atoms with Gasteiger partial charge >= 0.3 is 10.7 Å². The molecule has 0 aliphatic rings. The quantitative estimate of drug-likeness (QED) is 0.369. The summed E-state index contributed by atoms with van der Waals surface area (Å²) in [7, 11) is 1.93. The molecule has 8 heteroatoms. The number of aryl methyl sites for hydroxylation is 1. The summed E-state index contributed by atoms with van der Waals surface area (Å²) in [5, 5.41) is 14.7. The maximum absolute atomic E-state index is 13.8. The van der Waals surface area contributed by atoms with E-state index >= 15 is 0 Å². The highest BCUT2D eigenvalue weighted by molar-refractivity contribution is 7.13. The van der Waals surface area contributed by atoms with E-state index in [1.807, 2.05) is 49.0 Å². The second kappa shape index (κ2) is 12.0. The first-order valence-corrected chi connectivity index (χ1v) is 12.7. The molecule has 0 saturated carbocycles. The van der Waals surface area contributed by atoms with E-state index in [1.165, 1.54) is 5.56 Å². The third-order valence-corrected chi connectivity index (χ3v) is 6.15. The number of nitrogens with zero attached hydrogens (tertiary/aromatic N) is 3. The van der Waals surface area contributed by atoms with E-state index in [-0.39, 0.29) is 34.2 Å². The third kappa shape index (κ3) is 6.75. The lowest BCUT2D eigenvalue weighted by atomic mass is 10.1. The number of halogens is 1. The molecule has 36 heavy (non-hydrogen) atoms. The summed E-state index contributed by atoms with van der Waals surface area (Å²) in [6.07, 6.45) is -0.167. The van der Waals surface area contributed by atoms with Crippen molar-refractivity contribution in [2.24, 2.45) is 7.05 Å². The van der Waals surface area contributed by atoms with E-state index in [9.17, 15) is 4.79 Å². The number of aliphatic hydroxyl groups excluding tert-OH is 1. The normalized spacial score (nSPS) is 11.1. The zero-order valence-corrected chi connectivity index (χ0v) is 24.7. The Bertz CT molecular complexity index is 1330. The van der Waals surface area contributed by atoms with Crippen LogP contribution < -0.4 is 32.4 Å². The van der Waals surface area contributed by atoms with Crippen molar-refractivity contribution in [2.45, 2.75) is 60.1 Å². The fourth-order valence-corrected chi connectivity index (χ4v) is 4.81. The van der Waals surface area contributed by atoms with Crippen LogP contribution in [0.2, 0.25) is 0 Å². The van der Waals surface area contributed by atoms with Gasteiger partial charge in [-0.3, -0.25) is 14.8 Å². The lowest BCUT2D eigenvalue weighted by Gasteiger charge is -2.15. The largest absolute Gasteiger partial charge is 1.00 e. The Morgan fingerprint density at radius 3 is 2.08 bits per heavy atom. The summed E-state index contributed by atoms with van der Waals surface area (Å²) >= 11 is 1.62. The molecule has 0 radical (unpaired) electrons. The average Bonchev–Trinajstić information content (AvgIpc) is 3.25. The van der Waals surface area contributed by atoms with Crippen molar-refractivity contribution < 1.29 is 26.7 Å². The predicted octanol–water partition coefficient (Wildman–Crippen LogP) is 2.40. The first-order chi connectivity index (χ1) is 16.4. The maximum atomic E-state index is 13.8. The van der Waals surface area contributed by atoms with Crippen LogP contribution in [0.4, 0.5) is 5.13 Å². The number of aromatic nitrogens is 3. The number of thiazole rings is 1. The van der Waals surface area contributed by atoms with Gasteiger partial charge < -0.3 is 22.1 Å². The van der Waals surface area contributed by atoms with Crippen LogP contribution in [0.1, 0.15) is 45.9 Å². The number of anilines is 1. The number of rotatable bonds is 4. The van der Waals surface area contributed by atoms with Crippen molar-refractivity contribution >= 4 is 16.5 Å². The van der Waals surface area contributed by atoms with Gasteiger partial charge in [0.05, 0.1) is 16.9 Å². The molecule has 4 aromatic rings. The van der Waals surface area contributed by atoms with Gasteiger partial charge in [-0.05, 0) is 60.6 Å². The van der Waals surface area contributed by atoms with Gasteiger partial charge in [0.1, 0.15) is 0 Å². The smallest absolute Gasteiger partial charge is 0.340 e. The Morgan fingerprint density at radius 1 is 1.00 bits per heavy atom. The molecular formula is C28H37BrN4O2S. The van der Waals surface area contributed by atoms with Crippen molar-refractivity contribution in [1.82, 2.24) is 9.36 Å². The average molecular weight is 574 g/mol. The van der Waals surface area contributed by atoms with Crippen LogP contribution in [0, 0.1) is 13.8 Å². The zero-order valence-electron chi connectivity index (χ0n) is 22.3. The molecule has 0 atom stereocenters. The minimum atomic E-state index is -0.167. The maximum Gasteiger partial charge on any atom is 0.340 e. The van der Waals surface area contributed by atoms with Gasteiger partial charge in [-0.1, -0.05) is 59.4 Å². The van der Waals surface area contributed by atoms with E-state index < -0.39 is 0 Å². The van der Waals surface area contributed by atoms with Crippen LogP contribution in [-0.2, 0) is 7.05 Å². The molecule has 0 aliphatic heterocycles. The monoisotopic (exact) mass is 572 g/mol. The fourth-order valence-electron chi connectivity index (χ4n) is 3.69. The number of benzene rings is 2. The summed E-state index contributed by atoms with van der Waals surface area (Å²) in [5.74, 6) is 0. The molecule has 2 aromatic heterocycles. The van der Waals surface area contributed by atoms with Crippen molar-refractivity contribution in [3.8, 4) is 22.6 Å². The second-order valence-electron chi connectivity index (χ2n) is 10.0. The molecule has 0 aliphatic carbocycles. The van der Waals surface area contributed by atoms with Gasteiger partial charge in [-0.2, -0.15) is 4.57 Å². The van der Waals surface area contributed by atoms with E-state index in [4.69, 9.17) is 5.11 Å². The van der Waals surface area contributed by atoms with E-state index in [2.05, 4.69) is 67.2 Å². The Hall–Kier alpha value is -2.68. The molecule has 2 aromatic carbocycles. The van der Waals surface area contributed by atoms with Gasteiger partial charge in [0.15, 0.2) is 5.69 Å². The molecular weight excluding hydrogens is 536 g/mol.